The van der Waals surface area contributed by atoms with Crippen molar-refractivity contribution in [1.29, 1.82) is 0 Å². The number of rotatable bonds is 2. The first-order chi connectivity index (χ1) is 9.58. The highest BCUT2D eigenvalue weighted by molar-refractivity contribution is 6.15. The van der Waals surface area contributed by atoms with Gasteiger partial charge >= 0.3 is 5.82 Å². The van der Waals surface area contributed by atoms with Crippen molar-refractivity contribution in [3.63, 3.8) is 0 Å². The Bertz CT molecular complexity index is 759. The van der Waals surface area contributed by atoms with Crippen LogP contribution < -0.4 is 0 Å². The number of allylic oxidation sites excluding steroid dienone is 1. The van der Waals surface area contributed by atoms with Crippen LogP contribution in [0, 0.1) is 10.1 Å². The summed E-state index contributed by atoms with van der Waals surface area (Å²) in [4.78, 5) is 26.5. The Morgan fingerprint density at radius 2 is 2.15 bits per heavy atom. The molecule has 0 N–H and O–H groups in total. The molecule has 1 aromatic heterocycles. The molecule has 1 aliphatic rings. The van der Waals surface area contributed by atoms with Gasteiger partial charge in [0.2, 0.25) is 5.82 Å². The molecule has 0 fully saturated rings. The highest BCUT2D eigenvalue weighted by atomic mass is 16.6. The molecule has 6 nitrogen and oxygen atoms in total. The van der Waals surface area contributed by atoms with Crippen molar-refractivity contribution in [1.82, 2.24) is 9.55 Å². The molecule has 0 radical (unpaired) electrons. The van der Waals surface area contributed by atoms with E-state index in [2.05, 4.69) is 4.98 Å². The van der Waals surface area contributed by atoms with E-state index in [0.29, 0.717) is 23.4 Å². The highest BCUT2D eigenvalue weighted by Gasteiger charge is 2.25. The van der Waals surface area contributed by atoms with E-state index >= 15 is 0 Å². The number of carbonyl (C=O) groups excluding carboxylic acids is 1. The number of carbonyl (C=O) groups is 1. The zero-order valence-corrected chi connectivity index (χ0v) is 10.7. The maximum atomic E-state index is 12.2. The Hall–Kier alpha value is -2.76. The number of imidazole rings is 1. The molecule has 0 aliphatic heterocycles. The molecule has 0 saturated heterocycles. The summed E-state index contributed by atoms with van der Waals surface area (Å²) in [6, 6.07) is 7.42. The first kappa shape index (κ1) is 12.3. The van der Waals surface area contributed by atoms with E-state index in [9.17, 15) is 14.9 Å². The minimum absolute atomic E-state index is 0.0359. The molecule has 20 heavy (non-hydrogen) atoms. The van der Waals surface area contributed by atoms with Gasteiger partial charge in [-0.3, -0.25) is 4.79 Å². The Morgan fingerprint density at radius 1 is 1.40 bits per heavy atom. The van der Waals surface area contributed by atoms with E-state index in [1.807, 2.05) is 18.2 Å². The second kappa shape index (κ2) is 4.41. The van der Waals surface area contributed by atoms with Gasteiger partial charge < -0.3 is 10.1 Å². The summed E-state index contributed by atoms with van der Waals surface area (Å²) >= 11 is 0. The lowest BCUT2D eigenvalue weighted by molar-refractivity contribution is -0.391. The van der Waals surface area contributed by atoms with Gasteiger partial charge in [-0.15, -0.1) is 0 Å². The van der Waals surface area contributed by atoms with E-state index in [4.69, 9.17) is 0 Å². The van der Waals surface area contributed by atoms with Crippen molar-refractivity contribution in [3.05, 3.63) is 63.1 Å². The molecular formula is C14H11N3O3. The van der Waals surface area contributed by atoms with Crippen molar-refractivity contribution in [2.24, 2.45) is 7.05 Å². The second-order valence-electron chi connectivity index (χ2n) is 4.62. The number of ketones is 1. The van der Waals surface area contributed by atoms with Gasteiger partial charge in [0, 0.05) is 23.6 Å². The van der Waals surface area contributed by atoms with Crippen LogP contribution >= 0.6 is 0 Å². The lowest BCUT2D eigenvalue weighted by Gasteiger charge is -1.96. The molecule has 0 saturated carbocycles. The smallest absolute Gasteiger partial charge is 0.342 e. The first-order valence-electron chi connectivity index (χ1n) is 6.07. The number of hydrogen-bond donors (Lipinski definition) is 0. The fourth-order valence-electron chi connectivity index (χ4n) is 2.34. The van der Waals surface area contributed by atoms with E-state index in [0.717, 1.165) is 5.56 Å². The molecule has 0 bridgehead atoms. The van der Waals surface area contributed by atoms with Crippen molar-refractivity contribution < 1.29 is 9.72 Å². The van der Waals surface area contributed by atoms with E-state index in [1.165, 1.54) is 10.8 Å². The number of benzene rings is 1. The number of nitrogens with zero attached hydrogens (tertiary/aromatic N) is 3. The predicted octanol–water partition coefficient (Wildman–Crippen LogP) is 2.15. The van der Waals surface area contributed by atoms with Crippen LogP contribution in [-0.2, 0) is 13.5 Å². The van der Waals surface area contributed by atoms with Gasteiger partial charge in [0.15, 0.2) is 5.78 Å². The summed E-state index contributed by atoms with van der Waals surface area (Å²) in [5, 5.41) is 10.8. The third kappa shape index (κ3) is 1.82. The Kier molecular flexibility index (Phi) is 2.71. The minimum Gasteiger partial charge on any atom is -0.358 e. The molecule has 0 unspecified atom stereocenters. The fraction of sp³-hybridized carbons (Fsp3) is 0.143. The summed E-state index contributed by atoms with van der Waals surface area (Å²) in [6.45, 7) is 0. The van der Waals surface area contributed by atoms with Crippen molar-refractivity contribution in [2.75, 3.05) is 0 Å². The maximum absolute atomic E-state index is 12.2. The first-order valence-corrected chi connectivity index (χ1v) is 6.07. The van der Waals surface area contributed by atoms with E-state index in [-0.39, 0.29) is 11.6 Å². The van der Waals surface area contributed by atoms with Crippen LogP contribution in [0.3, 0.4) is 0 Å². The number of Topliss-reactive ketones (excluding diaryl/α,β-unsaturated/α-hetero) is 1. The Balaban J connectivity index is 2.00. The van der Waals surface area contributed by atoms with Gasteiger partial charge in [0.1, 0.15) is 6.20 Å². The van der Waals surface area contributed by atoms with Crippen LogP contribution in [0.1, 0.15) is 21.7 Å². The molecule has 1 heterocycles. The van der Waals surface area contributed by atoms with Gasteiger partial charge in [-0.1, -0.05) is 24.3 Å². The summed E-state index contributed by atoms with van der Waals surface area (Å²) < 4.78 is 1.36. The average molecular weight is 269 g/mol. The van der Waals surface area contributed by atoms with Crippen LogP contribution in [0.25, 0.3) is 6.08 Å². The molecular weight excluding hydrogens is 258 g/mol. The molecule has 0 spiro atoms. The third-order valence-electron chi connectivity index (χ3n) is 3.42. The van der Waals surface area contributed by atoms with Crippen LogP contribution in [0.4, 0.5) is 5.82 Å². The number of nitro groups is 1. The largest absolute Gasteiger partial charge is 0.358 e. The molecule has 1 aromatic carbocycles. The van der Waals surface area contributed by atoms with Gasteiger partial charge in [0.25, 0.3) is 0 Å². The molecule has 2 aromatic rings. The topological polar surface area (TPSA) is 78.0 Å². The number of hydrogen-bond acceptors (Lipinski definition) is 4. The molecule has 3 rings (SSSR count). The fourth-order valence-corrected chi connectivity index (χ4v) is 2.34. The lowest BCUT2D eigenvalue weighted by atomic mass is 10.1. The average Bonchev–Trinajstić information content (AvgIpc) is 2.93. The zero-order valence-electron chi connectivity index (χ0n) is 10.7. The Morgan fingerprint density at radius 3 is 2.80 bits per heavy atom. The second-order valence-corrected chi connectivity index (χ2v) is 4.62. The molecule has 1 aliphatic carbocycles. The third-order valence-corrected chi connectivity index (χ3v) is 3.42. The van der Waals surface area contributed by atoms with Gasteiger partial charge in [0.05, 0.1) is 7.05 Å². The van der Waals surface area contributed by atoms with Crippen LogP contribution in [0.5, 0.6) is 0 Å². The molecule has 6 heteroatoms. The quantitative estimate of drug-likeness (QED) is 0.475. The normalized spacial score (nSPS) is 15.7. The summed E-state index contributed by atoms with van der Waals surface area (Å²) in [7, 11) is 1.56. The van der Waals surface area contributed by atoms with Crippen LogP contribution in [0.2, 0.25) is 0 Å². The standard InChI is InChI=1S/C14H11N3O3/c1-16-12(15-8-13(16)17(19)20)7-10-6-9-4-2-3-5-11(9)14(10)18/h2-5,7-8H,6H2,1H3/b10-7+. The van der Waals surface area contributed by atoms with Gasteiger partial charge in [-0.2, -0.15) is 0 Å². The highest BCUT2D eigenvalue weighted by Crippen LogP contribution is 2.27. The van der Waals surface area contributed by atoms with Crippen molar-refractivity contribution in [3.8, 4) is 0 Å². The Labute approximate surface area is 114 Å². The molecule has 0 atom stereocenters. The monoisotopic (exact) mass is 269 g/mol. The molecule has 100 valence electrons. The van der Waals surface area contributed by atoms with Crippen molar-refractivity contribution >= 4 is 17.7 Å². The summed E-state index contributed by atoms with van der Waals surface area (Å²) in [6.07, 6.45) is 3.35. The maximum Gasteiger partial charge on any atom is 0.342 e. The van der Waals surface area contributed by atoms with Crippen LogP contribution in [-0.4, -0.2) is 20.3 Å². The predicted molar refractivity (Wildman–Crippen MR) is 72.3 cm³/mol. The summed E-state index contributed by atoms with van der Waals surface area (Å²) in [5.41, 5.74) is 2.28. The zero-order chi connectivity index (χ0) is 14.3. The minimum atomic E-state index is -0.500. The summed E-state index contributed by atoms with van der Waals surface area (Å²) in [5.74, 6) is 0.277. The van der Waals surface area contributed by atoms with Gasteiger partial charge in [-0.25, -0.2) is 9.55 Å². The number of fused-ring (bicyclic) bond motifs is 1. The number of aromatic nitrogens is 2. The van der Waals surface area contributed by atoms with E-state index in [1.54, 1.807) is 19.2 Å². The van der Waals surface area contributed by atoms with Gasteiger partial charge in [-0.05, 0) is 10.5 Å². The van der Waals surface area contributed by atoms with E-state index < -0.39 is 4.92 Å². The van der Waals surface area contributed by atoms with Crippen molar-refractivity contribution in [2.45, 2.75) is 6.42 Å². The van der Waals surface area contributed by atoms with Crippen LogP contribution in [0.15, 0.2) is 36.0 Å². The SMILES string of the molecule is Cn1c([N+](=O)[O-])cnc1/C=C1\Cc2ccccc2C1=O. The molecule has 0 amide bonds. The lowest BCUT2D eigenvalue weighted by Crippen LogP contribution is -2.01.